The van der Waals surface area contributed by atoms with E-state index in [9.17, 15) is 4.79 Å². The first-order chi connectivity index (χ1) is 10.4. The van der Waals surface area contributed by atoms with E-state index in [1.165, 1.54) is 11.1 Å². The van der Waals surface area contributed by atoms with Gasteiger partial charge in [-0.05, 0) is 42.9 Å². The second-order valence-electron chi connectivity index (χ2n) is 7.39. The molecule has 3 nitrogen and oxygen atoms in total. The van der Waals surface area contributed by atoms with E-state index >= 15 is 0 Å². The molecule has 0 spiro atoms. The van der Waals surface area contributed by atoms with Crippen LogP contribution in [0.15, 0.2) is 24.3 Å². The van der Waals surface area contributed by atoms with Gasteiger partial charge in [0.1, 0.15) is 0 Å². The molecule has 1 aromatic carbocycles. The number of amides is 1. The minimum atomic E-state index is 0.187. The molecule has 1 amide bonds. The van der Waals surface area contributed by atoms with Crippen molar-refractivity contribution >= 4 is 5.91 Å². The van der Waals surface area contributed by atoms with E-state index < -0.39 is 0 Å². The van der Waals surface area contributed by atoms with E-state index in [2.05, 4.69) is 50.4 Å². The highest BCUT2D eigenvalue weighted by molar-refractivity contribution is 5.76. The number of aryl methyl sites for hydroxylation is 1. The van der Waals surface area contributed by atoms with Crippen molar-refractivity contribution in [1.29, 1.82) is 0 Å². The van der Waals surface area contributed by atoms with Gasteiger partial charge in [-0.25, -0.2) is 0 Å². The first-order valence-electron chi connectivity index (χ1n) is 8.44. The minimum Gasteiger partial charge on any atom is -0.343 e. The van der Waals surface area contributed by atoms with Gasteiger partial charge in [0.05, 0.1) is 0 Å². The topological polar surface area (TPSA) is 32.3 Å². The van der Waals surface area contributed by atoms with E-state index in [-0.39, 0.29) is 5.41 Å². The van der Waals surface area contributed by atoms with Gasteiger partial charge in [-0.1, -0.05) is 45.0 Å². The molecule has 0 unspecified atom stereocenters. The standard InChI is InChI=1S/C19H30N2O/c1-19(2,3)16-8-5-15(6-9-16)7-10-18(22)21-13-11-17(20-4)12-14-21/h5-6,8-9,17,20H,7,10-14H2,1-4H3. The Balaban J connectivity index is 1.81. The van der Waals surface area contributed by atoms with Gasteiger partial charge in [-0.2, -0.15) is 0 Å². The van der Waals surface area contributed by atoms with Crippen molar-refractivity contribution in [3.8, 4) is 0 Å². The van der Waals surface area contributed by atoms with Crippen molar-refractivity contribution in [1.82, 2.24) is 10.2 Å². The molecule has 0 atom stereocenters. The summed E-state index contributed by atoms with van der Waals surface area (Å²) in [4.78, 5) is 14.3. The largest absolute Gasteiger partial charge is 0.343 e. The lowest BCUT2D eigenvalue weighted by atomic mass is 9.86. The molecule has 122 valence electrons. The van der Waals surface area contributed by atoms with Crippen LogP contribution < -0.4 is 5.32 Å². The molecule has 3 heteroatoms. The zero-order chi connectivity index (χ0) is 16.2. The van der Waals surface area contributed by atoms with E-state index in [0.29, 0.717) is 18.4 Å². The Morgan fingerprint density at radius 1 is 1.18 bits per heavy atom. The number of likely N-dealkylation sites (tertiary alicyclic amines) is 1. The summed E-state index contributed by atoms with van der Waals surface area (Å²) in [5.41, 5.74) is 2.79. The highest BCUT2D eigenvalue weighted by Gasteiger charge is 2.21. The Hall–Kier alpha value is -1.35. The minimum absolute atomic E-state index is 0.187. The average Bonchev–Trinajstić information content (AvgIpc) is 2.52. The summed E-state index contributed by atoms with van der Waals surface area (Å²) in [5, 5.41) is 3.30. The maximum Gasteiger partial charge on any atom is 0.222 e. The number of hydrogen-bond acceptors (Lipinski definition) is 2. The van der Waals surface area contributed by atoms with Crippen molar-refractivity contribution in [2.45, 2.75) is 57.9 Å². The fraction of sp³-hybridized carbons (Fsp3) is 0.632. The molecule has 1 aromatic rings. The van der Waals surface area contributed by atoms with Crippen LogP contribution in [0.25, 0.3) is 0 Å². The van der Waals surface area contributed by atoms with Crippen LogP contribution in [-0.2, 0) is 16.6 Å². The summed E-state index contributed by atoms with van der Waals surface area (Å²) in [6.07, 6.45) is 3.61. The molecule has 0 bridgehead atoms. The molecule has 1 aliphatic heterocycles. The summed E-state index contributed by atoms with van der Waals surface area (Å²) in [6.45, 7) is 8.46. The second-order valence-corrected chi connectivity index (χ2v) is 7.39. The molecule has 1 N–H and O–H groups in total. The van der Waals surface area contributed by atoms with E-state index in [4.69, 9.17) is 0 Å². The van der Waals surface area contributed by atoms with Gasteiger partial charge in [0, 0.05) is 25.6 Å². The third-order valence-corrected chi connectivity index (χ3v) is 4.70. The van der Waals surface area contributed by atoms with Gasteiger partial charge in [0.2, 0.25) is 5.91 Å². The number of benzene rings is 1. The molecule has 2 rings (SSSR count). The van der Waals surface area contributed by atoms with Crippen LogP contribution >= 0.6 is 0 Å². The van der Waals surface area contributed by atoms with Gasteiger partial charge in [-0.15, -0.1) is 0 Å². The predicted octanol–water partition coefficient (Wildman–Crippen LogP) is 3.13. The molecule has 0 aliphatic carbocycles. The maximum absolute atomic E-state index is 12.3. The third-order valence-electron chi connectivity index (χ3n) is 4.70. The predicted molar refractivity (Wildman–Crippen MR) is 92.1 cm³/mol. The zero-order valence-corrected chi connectivity index (χ0v) is 14.5. The van der Waals surface area contributed by atoms with Gasteiger partial charge in [0.15, 0.2) is 0 Å². The Labute approximate surface area is 135 Å². The van der Waals surface area contributed by atoms with E-state index in [1.807, 2.05) is 11.9 Å². The van der Waals surface area contributed by atoms with Crippen LogP contribution in [-0.4, -0.2) is 37.0 Å². The molecule has 1 aliphatic rings. The molecule has 0 saturated carbocycles. The summed E-state index contributed by atoms with van der Waals surface area (Å²) < 4.78 is 0. The molecule has 0 radical (unpaired) electrons. The van der Waals surface area contributed by atoms with Gasteiger partial charge < -0.3 is 10.2 Å². The zero-order valence-electron chi connectivity index (χ0n) is 14.5. The lowest BCUT2D eigenvalue weighted by molar-refractivity contribution is -0.132. The molecule has 0 aromatic heterocycles. The maximum atomic E-state index is 12.3. The fourth-order valence-electron chi connectivity index (χ4n) is 3.00. The van der Waals surface area contributed by atoms with Crippen LogP contribution in [0.2, 0.25) is 0 Å². The second kappa shape index (κ2) is 7.28. The molecular weight excluding hydrogens is 272 g/mol. The highest BCUT2D eigenvalue weighted by Crippen LogP contribution is 2.22. The number of carbonyl (C=O) groups is 1. The highest BCUT2D eigenvalue weighted by atomic mass is 16.2. The number of nitrogens with one attached hydrogen (secondary N) is 1. The van der Waals surface area contributed by atoms with Gasteiger partial charge in [0.25, 0.3) is 0 Å². The first kappa shape index (κ1) is 17.0. The smallest absolute Gasteiger partial charge is 0.222 e. The van der Waals surface area contributed by atoms with Crippen molar-refractivity contribution in [3.05, 3.63) is 35.4 Å². The van der Waals surface area contributed by atoms with Crippen molar-refractivity contribution < 1.29 is 4.79 Å². The summed E-state index contributed by atoms with van der Waals surface area (Å²) in [6, 6.07) is 9.30. The summed E-state index contributed by atoms with van der Waals surface area (Å²) in [7, 11) is 2.00. The lowest BCUT2D eigenvalue weighted by Gasteiger charge is -2.31. The fourth-order valence-corrected chi connectivity index (χ4v) is 3.00. The van der Waals surface area contributed by atoms with Gasteiger partial charge in [-0.3, -0.25) is 4.79 Å². The Kier molecular flexibility index (Phi) is 5.63. The Morgan fingerprint density at radius 2 is 1.77 bits per heavy atom. The number of hydrogen-bond donors (Lipinski definition) is 1. The quantitative estimate of drug-likeness (QED) is 0.927. The normalized spacial score (nSPS) is 16.8. The summed E-state index contributed by atoms with van der Waals surface area (Å²) >= 11 is 0. The number of piperidine rings is 1. The average molecular weight is 302 g/mol. The number of rotatable bonds is 4. The van der Waals surface area contributed by atoms with Crippen molar-refractivity contribution in [2.75, 3.05) is 20.1 Å². The molecule has 1 fully saturated rings. The Bertz CT molecular complexity index is 479. The first-order valence-corrected chi connectivity index (χ1v) is 8.44. The van der Waals surface area contributed by atoms with Crippen LogP contribution in [0.1, 0.15) is 51.2 Å². The Morgan fingerprint density at radius 3 is 2.27 bits per heavy atom. The number of carbonyl (C=O) groups excluding carboxylic acids is 1. The SMILES string of the molecule is CNC1CCN(C(=O)CCc2ccc(C(C)(C)C)cc2)CC1. The van der Waals surface area contributed by atoms with Crippen molar-refractivity contribution in [2.24, 2.45) is 0 Å². The monoisotopic (exact) mass is 302 g/mol. The van der Waals surface area contributed by atoms with E-state index in [1.54, 1.807) is 0 Å². The molecule has 1 heterocycles. The molecular formula is C19H30N2O. The van der Waals surface area contributed by atoms with Crippen LogP contribution in [0.4, 0.5) is 0 Å². The number of nitrogens with zero attached hydrogens (tertiary/aromatic N) is 1. The van der Waals surface area contributed by atoms with Crippen LogP contribution in [0, 0.1) is 0 Å². The molecule has 22 heavy (non-hydrogen) atoms. The van der Waals surface area contributed by atoms with Crippen LogP contribution in [0.5, 0.6) is 0 Å². The molecule has 1 saturated heterocycles. The lowest BCUT2D eigenvalue weighted by Crippen LogP contribution is -2.44. The van der Waals surface area contributed by atoms with Crippen LogP contribution in [0.3, 0.4) is 0 Å². The van der Waals surface area contributed by atoms with Crippen molar-refractivity contribution in [3.63, 3.8) is 0 Å². The summed E-state index contributed by atoms with van der Waals surface area (Å²) in [5.74, 6) is 0.300. The van der Waals surface area contributed by atoms with Gasteiger partial charge >= 0.3 is 0 Å². The third kappa shape index (κ3) is 4.57. The van der Waals surface area contributed by atoms with E-state index in [0.717, 1.165) is 32.4 Å².